The quantitative estimate of drug-likeness (QED) is 0.408. The first-order valence-electron chi connectivity index (χ1n) is 9.96. The van der Waals surface area contributed by atoms with Gasteiger partial charge >= 0.3 is 0 Å². The molecule has 2 aromatic carbocycles. The highest BCUT2D eigenvalue weighted by molar-refractivity contribution is 5.81. The van der Waals surface area contributed by atoms with Crippen molar-refractivity contribution in [3.63, 3.8) is 0 Å². The van der Waals surface area contributed by atoms with Crippen LogP contribution in [0.15, 0.2) is 42.5 Å². The molecule has 3 aromatic rings. The van der Waals surface area contributed by atoms with Gasteiger partial charge in [0.05, 0.1) is 25.3 Å². The van der Waals surface area contributed by atoms with Crippen LogP contribution >= 0.6 is 0 Å². The van der Waals surface area contributed by atoms with Gasteiger partial charge in [-0.1, -0.05) is 51.2 Å². The first-order chi connectivity index (χ1) is 13.3. The zero-order valence-corrected chi connectivity index (χ0v) is 16.7. The van der Waals surface area contributed by atoms with E-state index in [4.69, 9.17) is 14.5 Å². The van der Waals surface area contributed by atoms with Crippen molar-refractivity contribution in [2.24, 2.45) is 0 Å². The van der Waals surface area contributed by atoms with Crippen molar-refractivity contribution in [1.82, 2.24) is 9.55 Å². The van der Waals surface area contributed by atoms with Gasteiger partial charge in [-0.25, -0.2) is 4.98 Å². The summed E-state index contributed by atoms with van der Waals surface area (Å²) in [6, 6.07) is 14.4. The lowest BCUT2D eigenvalue weighted by Crippen LogP contribution is -2.01. The predicted molar refractivity (Wildman–Crippen MR) is 112 cm³/mol. The van der Waals surface area contributed by atoms with Gasteiger partial charge in [0, 0.05) is 12.1 Å². The lowest BCUT2D eigenvalue weighted by atomic mass is 10.1. The van der Waals surface area contributed by atoms with Crippen molar-refractivity contribution in [2.45, 2.75) is 52.0 Å². The molecule has 0 saturated carbocycles. The fraction of sp³-hybridized carbons (Fsp3) is 0.435. The molecule has 0 N–H and O–H groups in total. The average molecular weight is 367 g/mol. The molecule has 4 heteroatoms. The Kier molecular flexibility index (Phi) is 6.74. The number of hydrogen-bond acceptors (Lipinski definition) is 3. The molecule has 0 aliphatic carbocycles. The third-order valence-electron chi connectivity index (χ3n) is 5.03. The van der Waals surface area contributed by atoms with Gasteiger partial charge in [-0.15, -0.1) is 0 Å². The van der Waals surface area contributed by atoms with Gasteiger partial charge < -0.3 is 14.0 Å². The predicted octanol–water partition coefficient (Wildman–Crippen LogP) is 6.08. The van der Waals surface area contributed by atoms with Crippen molar-refractivity contribution >= 4 is 11.0 Å². The van der Waals surface area contributed by atoms with Gasteiger partial charge in [0.2, 0.25) is 0 Å². The number of para-hydroxylation sites is 2. The number of fused-ring (bicyclic) bond motifs is 1. The van der Waals surface area contributed by atoms with Gasteiger partial charge in [-0.3, -0.25) is 0 Å². The molecule has 27 heavy (non-hydrogen) atoms. The number of aromatic nitrogens is 2. The minimum absolute atomic E-state index is 0.730. The number of methoxy groups -OCH3 is 2. The minimum atomic E-state index is 0.730. The van der Waals surface area contributed by atoms with Crippen molar-refractivity contribution in [1.29, 1.82) is 0 Å². The Hall–Kier alpha value is -2.49. The second-order valence-corrected chi connectivity index (χ2v) is 6.91. The molecule has 1 aromatic heterocycles. The molecule has 0 aliphatic heterocycles. The van der Waals surface area contributed by atoms with E-state index < -0.39 is 0 Å². The van der Waals surface area contributed by atoms with E-state index in [-0.39, 0.29) is 0 Å². The lowest BCUT2D eigenvalue weighted by Gasteiger charge is -2.12. The summed E-state index contributed by atoms with van der Waals surface area (Å²) in [5, 5.41) is 0. The van der Waals surface area contributed by atoms with Crippen LogP contribution in [0.3, 0.4) is 0 Å². The summed E-state index contributed by atoms with van der Waals surface area (Å²) in [4.78, 5) is 4.91. The van der Waals surface area contributed by atoms with Crippen LogP contribution in [0.1, 0.15) is 45.4 Å². The molecule has 0 bridgehead atoms. The number of aryl methyl sites for hydroxylation is 1. The Morgan fingerprint density at radius 3 is 2.37 bits per heavy atom. The Morgan fingerprint density at radius 1 is 0.852 bits per heavy atom. The van der Waals surface area contributed by atoms with Gasteiger partial charge in [-0.2, -0.15) is 0 Å². The number of nitrogens with zero attached hydrogens (tertiary/aromatic N) is 2. The third kappa shape index (κ3) is 4.44. The summed E-state index contributed by atoms with van der Waals surface area (Å²) in [7, 11) is 3.33. The highest BCUT2D eigenvalue weighted by Crippen LogP contribution is 2.33. The monoisotopic (exact) mass is 366 g/mol. The SMILES string of the molecule is CCCCCCCCn1c(-c2ccc(OC)c(OC)c2)nc2ccccc21. The van der Waals surface area contributed by atoms with E-state index in [0.29, 0.717) is 0 Å². The maximum Gasteiger partial charge on any atom is 0.161 e. The smallest absolute Gasteiger partial charge is 0.161 e. The second-order valence-electron chi connectivity index (χ2n) is 6.91. The van der Waals surface area contributed by atoms with E-state index in [1.807, 2.05) is 18.2 Å². The zero-order valence-electron chi connectivity index (χ0n) is 16.7. The number of rotatable bonds is 10. The lowest BCUT2D eigenvalue weighted by molar-refractivity contribution is 0.355. The first kappa shape index (κ1) is 19.3. The Balaban J connectivity index is 1.88. The molecule has 0 saturated heterocycles. The average Bonchev–Trinajstić information content (AvgIpc) is 3.08. The van der Waals surface area contributed by atoms with E-state index in [1.165, 1.54) is 44.0 Å². The maximum atomic E-state index is 5.49. The molecule has 1 heterocycles. The number of ether oxygens (including phenoxy) is 2. The summed E-state index contributed by atoms with van der Waals surface area (Å²) >= 11 is 0. The number of hydrogen-bond donors (Lipinski definition) is 0. The molecule has 144 valence electrons. The van der Waals surface area contributed by atoms with Crippen LogP contribution in [0.2, 0.25) is 0 Å². The topological polar surface area (TPSA) is 36.3 Å². The molecule has 0 aliphatic rings. The standard InChI is InChI=1S/C23H30N2O2/c1-4-5-6-7-8-11-16-25-20-13-10-9-12-19(20)24-23(25)18-14-15-21(26-2)22(17-18)27-3/h9-10,12-15,17H,4-8,11,16H2,1-3H3. The summed E-state index contributed by atoms with van der Waals surface area (Å²) < 4.78 is 13.2. The zero-order chi connectivity index (χ0) is 19.1. The molecule has 4 nitrogen and oxygen atoms in total. The summed E-state index contributed by atoms with van der Waals surface area (Å²) in [6.45, 7) is 3.24. The van der Waals surface area contributed by atoms with Crippen LogP contribution in [0, 0.1) is 0 Å². The molecular formula is C23H30N2O2. The van der Waals surface area contributed by atoms with Gasteiger partial charge in [-0.05, 0) is 36.8 Å². The molecule has 0 fully saturated rings. The largest absolute Gasteiger partial charge is 0.493 e. The van der Waals surface area contributed by atoms with Crippen LogP contribution in [0.5, 0.6) is 11.5 Å². The van der Waals surface area contributed by atoms with Crippen LogP contribution in [0.4, 0.5) is 0 Å². The molecule has 0 amide bonds. The maximum absolute atomic E-state index is 5.49. The van der Waals surface area contributed by atoms with Crippen LogP contribution in [-0.2, 0) is 6.54 Å². The summed E-state index contributed by atoms with van der Waals surface area (Å²) in [5.74, 6) is 2.46. The molecule has 0 radical (unpaired) electrons. The van der Waals surface area contributed by atoms with Gasteiger partial charge in [0.1, 0.15) is 5.82 Å². The van der Waals surface area contributed by atoms with Crippen molar-refractivity contribution in [3.05, 3.63) is 42.5 Å². The van der Waals surface area contributed by atoms with E-state index in [9.17, 15) is 0 Å². The Bertz CT molecular complexity index is 870. The fourth-order valence-electron chi connectivity index (χ4n) is 3.55. The van der Waals surface area contributed by atoms with Crippen LogP contribution in [0.25, 0.3) is 22.4 Å². The van der Waals surface area contributed by atoms with Crippen LogP contribution < -0.4 is 9.47 Å². The molecular weight excluding hydrogens is 336 g/mol. The van der Waals surface area contributed by atoms with Gasteiger partial charge in [0.15, 0.2) is 11.5 Å². The normalized spacial score (nSPS) is 11.1. The molecule has 0 unspecified atom stereocenters. The van der Waals surface area contributed by atoms with Crippen molar-refractivity contribution < 1.29 is 9.47 Å². The first-order valence-corrected chi connectivity index (χ1v) is 9.96. The fourth-order valence-corrected chi connectivity index (χ4v) is 3.55. The number of benzene rings is 2. The summed E-state index contributed by atoms with van der Waals surface area (Å²) in [6.07, 6.45) is 7.71. The van der Waals surface area contributed by atoms with E-state index >= 15 is 0 Å². The minimum Gasteiger partial charge on any atom is -0.493 e. The van der Waals surface area contributed by atoms with Gasteiger partial charge in [0.25, 0.3) is 0 Å². The Morgan fingerprint density at radius 2 is 1.59 bits per heavy atom. The highest BCUT2D eigenvalue weighted by Gasteiger charge is 2.14. The number of unbranched alkanes of at least 4 members (excludes halogenated alkanes) is 5. The van der Waals surface area contributed by atoms with Crippen LogP contribution in [-0.4, -0.2) is 23.8 Å². The molecule has 3 rings (SSSR count). The highest BCUT2D eigenvalue weighted by atomic mass is 16.5. The molecule has 0 atom stereocenters. The van der Waals surface area contributed by atoms with Crippen molar-refractivity contribution in [3.8, 4) is 22.9 Å². The molecule has 0 spiro atoms. The number of imidazole rings is 1. The third-order valence-corrected chi connectivity index (χ3v) is 5.03. The summed E-state index contributed by atoms with van der Waals surface area (Å²) in [5.41, 5.74) is 3.28. The van der Waals surface area contributed by atoms with E-state index in [1.54, 1.807) is 14.2 Å². The van der Waals surface area contributed by atoms with E-state index in [0.717, 1.165) is 34.9 Å². The van der Waals surface area contributed by atoms with Crippen molar-refractivity contribution in [2.75, 3.05) is 14.2 Å². The Labute approximate surface area is 162 Å². The van der Waals surface area contributed by atoms with E-state index in [2.05, 4.69) is 35.8 Å². The second kappa shape index (κ2) is 9.45.